The van der Waals surface area contributed by atoms with E-state index < -0.39 is 6.09 Å². The first-order valence-electron chi connectivity index (χ1n) is 8.74. The average molecular weight is 430 g/mol. The fourth-order valence-electron chi connectivity index (χ4n) is 3.01. The molecule has 0 radical (unpaired) electrons. The molecule has 29 heavy (non-hydrogen) atoms. The molecule has 1 N–H and O–H groups in total. The molecule has 4 rings (SSSR count). The highest BCUT2D eigenvalue weighted by atomic mass is 35.5. The van der Waals surface area contributed by atoms with Gasteiger partial charge in [-0.2, -0.15) is 10.2 Å². The van der Waals surface area contributed by atoms with Gasteiger partial charge in [-0.25, -0.2) is 4.79 Å². The Morgan fingerprint density at radius 2 is 1.93 bits per heavy atom. The lowest BCUT2D eigenvalue weighted by Crippen LogP contribution is -2.15. The monoisotopic (exact) mass is 429 g/mol. The molecule has 9 heteroatoms. The Labute approximate surface area is 176 Å². The number of carbonyl (C=O) groups is 1. The van der Waals surface area contributed by atoms with Gasteiger partial charge >= 0.3 is 6.09 Å². The van der Waals surface area contributed by atoms with Crippen LogP contribution in [0, 0.1) is 0 Å². The van der Waals surface area contributed by atoms with Gasteiger partial charge in [0.15, 0.2) is 0 Å². The maximum absolute atomic E-state index is 12.2. The molecule has 4 aromatic rings. The number of carbonyl (C=O) groups excluding carboxylic acids is 1. The Morgan fingerprint density at radius 3 is 2.72 bits per heavy atom. The molecule has 2 aromatic heterocycles. The summed E-state index contributed by atoms with van der Waals surface area (Å²) in [7, 11) is 3.60. The van der Waals surface area contributed by atoms with Crippen LogP contribution in [0.5, 0.6) is 0 Å². The van der Waals surface area contributed by atoms with E-state index in [-0.39, 0.29) is 6.61 Å². The van der Waals surface area contributed by atoms with Gasteiger partial charge in [-0.1, -0.05) is 29.3 Å². The molecule has 0 saturated carbocycles. The van der Waals surface area contributed by atoms with Crippen LogP contribution in [0.25, 0.3) is 22.2 Å². The number of rotatable bonds is 4. The lowest BCUT2D eigenvalue weighted by atomic mass is 10.1. The topological polar surface area (TPSA) is 74.0 Å². The summed E-state index contributed by atoms with van der Waals surface area (Å²) in [6.45, 7) is 0.143. The zero-order valence-electron chi connectivity index (χ0n) is 15.7. The van der Waals surface area contributed by atoms with Crippen LogP contribution in [-0.4, -0.2) is 25.7 Å². The molecule has 7 nitrogen and oxygen atoms in total. The molecule has 0 aliphatic rings. The zero-order valence-corrected chi connectivity index (χ0v) is 17.2. The van der Waals surface area contributed by atoms with Crippen molar-refractivity contribution in [3.05, 3.63) is 64.3 Å². The molecular formula is C20H17Cl2N5O2. The number of aryl methyl sites for hydroxylation is 2. The SMILES string of the molecule is Cn1nc(-c2ccc(Cl)cc2Cl)cc1NC(=O)OCc1ccc2c(cnn2C)c1. The first kappa shape index (κ1) is 19.3. The summed E-state index contributed by atoms with van der Waals surface area (Å²) in [5, 5.41) is 13.3. The van der Waals surface area contributed by atoms with Gasteiger partial charge in [0.1, 0.15) is 12.4 Å². The van der Waals surface area contributed by atoms with Crippen molar-refractivity contribution in [2.75, 3.05) is 5.32 Å². The van der Waals surface area contributed by atoms with Crippen LogP contribution in [0.15, 0.2) is 48.7 Å². The summed E-state index contributed by atoms with van der Waals surface area (Å²) < 4.78 is 8.67. The quantitative estimate of drug-likeness (QED) is 0.493. The van der Waals surface area contributed by atoms with Crippen LogP contribution in [0.1, 0.15) is 5.56 Å². The second-order valence-corrected chi connectivity index (χ2v) is 7.37. The molecule has 0 aliphatic carbocycles. The Balaban J connectivity index is 1.43. The van der Waals surface area contributed by atoms with Crippen molar-refractivity contribution in [3.8, 4) is 11.3 Å². The largest absolute Gasteiger partial charge is 0.444 e. The van der Waals surface area contributed by atoms with E-state index in [0.717, 1.165) is 22.0 Å². The van der Waals surface area contributed by atoms with Crippen molar-refractivity contribution in [3.63, 3.8) is 0 Å². The molecule has 0 fully saturated rings. The first-order valence-corrected chi connectivity index (χ1v) is 9.50. The number of halogens is 2. The summed E-state index contributed by atoms with van der Waals surface area (Å²) >= 11 is 12.2. The number of aromatic nitrogens is 4. The van der Waals surface area contributed by atoms with Gasteiger partial charge in [-0.3, -0.25) is 14.7 Å². The van der Waals surface area contributed by atoms with Gasteiger partial charge in [0, 0.05) is 36.1 Å². The van der Waals surface area contributed by atoms with Crippen molar-refractivity contribution >= 4 is 46.0 Å². The van der Waals surface area contributed by atoms with Gasteiger partial charge in [-0.05, 0) is 35.9 Å². The molecule has 0 unspecified atom stereocenters. The highest BCUT2D eigenvalue weighted by Gasteiger charge is 2.13. The minimum atomic E-state index is -0.576. The van der Waals surface area contributed by atoms with E-state index in [0.29, 0.717) is 21.6 Å². The fourth-order valence-corrected chi connectivity index (χ4v) is 3.51. The van der Waals surface area contributed by atoms with Crippen LogP contribution < -0.4 is 5.32 Å². The van der Waals surface area contributed by atoms with Gasteiger partial charge in [0.2, 0.25) is 0 Å². The third-order valence-corrected chi connectivity index (χ3v) is 5.05. The molecule has 0 atom stereocenters. The predicted molar refractivity (Wildman–Crippen MR) is 113 cm³/mol. The molecule has 2 aromatic carbocycles. The van der Waals surface area contributed by atoms with Crippen molar-refractivity contribution in [2.24, 2.45) is 14.1 Å². The molecule has 148 valence electrons. The number of benzene rings is 2. The number of anilines is 1. The summed E-state index contributed by atoms with van der Waals surface area (Å²) in [5.41, 5.74) is 3.23. The van der Waals surface area contributed by atoms with Crippen molar-refractivity contribution in [2.45, 2.75) is 6.61 Å². The smallest absolute Gasteiger partial charge is 0.413 e. The van der Waals surface area contributed by atoms with E-state index >= 15 is 0 Å². The highest BCUT2D eigenvalue weighted by molar-refractivity contribution is 6.36. The van der Waals surface area contributed by atoms with Crippen LogP contribution >= 0.6 is 23.2 Å². The van der Waals surface area contributed by atoms with E-state index in [4.69, 9.17) is 27.9 Å². The second kappa shape index (κ2) is 7.77. The molecule has 0 spiro atoms. The summed E-state index contributed by atoms with van der Waals surface area (Å²) in [6.07, 6.45) is 1.20. The number of hydrogen-bond acceptors (Lipinski definition) is 4. The van der Waals surface area contributed by atoms with Crippen LogP contribution in [0.4, 0.5) is 10.6 Å². The second-order valence-electron chi connectivity index (χ2n) is 6.53. The molecule has 2 heterocycles. The maximum Gasteiger partial charge on any atom is 0.413 e. The molecule has 0 bridgehead atoms. The minimum absolute atomic E-state index is 0.143. The Hall–Kier alpha value is -3.03. The Bertz CT molecular complexity index is 1220. The lowest BCUT2D eigenvalue weighted by Gasteiger charge is -2.07. The van der Waals surface area contributed by atoms with Crippen molar-refractivity contribution in [1.82, 2.24) is 19.6 Å². The van der Waals surface area contributed by atoms with Crippen LogP contribution in [-0.2, 0) is 25.4 Å². The van der Waals surface area contributed by atoms with E-state index in [2.05, 4.69) is 15.5 Å². The molecule has 1 amide bonds. The van der Waals surface area contributed by atoms with E-state index in [9.17, 15) is 4.79 Å². The number of hydrogen-bond donors (Lipinski definition) is 1. The minimum Gasteiger partial charge on any atom is -0.444 e. The van der Waals surface area contributed by atoms with Gasteiger partial charge in [0.25, 0.3) is 0 Å². The zero-order chi connectivity index (χ0) is 20.5. The predicted octanol–water partition coefficient (Wildman–Crippen LogP) is 5.03. The van der Waals surface area contributed by atoms with Crippen molar-refractivity contribution in [1.29, 1.82) is 0 Å². The third kappa shape index (κ3) is 4.06. The molecule has 0 aliphatic heterocycles. The van der Waals surface area contributed by atoms with E-state index in [1.807, 2.05) is 25.2 Å². The number of fused-ring (bicyclic) bond motifs is 1. The van der Waals surface area contributed by atoms with Crippen molar-refractivity contribution < 1.29 is 9.53 Å². The summed E-state index contributed by atoms with van der Waals surface area (Å²) in [4.78, 5) is 12.2. The van der Waals surface area contributed by atoms with Gasteiger partial charge in [-0.15, -0.1) is 0 Å². The molecule has 0 saturated heterocycles. The third-order valence-electron chi connectivity index (χ3n) is 4.50. The number of nitrogens with zero attached hydrogens (tertiary/aromatic N) is 4. The standard InChI is InChI=1S/C20H17Cl2N5O2/c1-26-18-6-3-12(7-13(18)10-23-26)11-29-20(28)24-19-9-17(25-27(19)2)15-5-4-14(21)8-16(15)22/h3-10H,11H2,1-2H3,(H,24,28). The lowest BCUT2D eigenvalue weighted by molar-refractivity contribution is 0.155. The fraction of sp³-hybridized carbons (Fsp3) is 0.150. The maximum atomic E-state index is 12.2. The Morgan fingerprint density at radius 1 is 1.10 bits per heavy atom. The van der Waals surface area contributed by atoms with Gasteiger partial charge < -0.3 is 4.74 Å². The van der Waals surface area contributed by atoms with E-state index in [1.54, 1.807) is 46.9 Å². The highest BCUT2D eigenvalue weighted by Crippen LogP contribution is 2.30. The molecular weight excluding hydrogens is 413 g/mol. The first-order chi connectivity index (χ1) is 13.9. The summed E-state index contributed by atoms with van der Waals surface area (Å²) in [6, 6.07) is 12.7. The number of amides is 1. The summed E-state index contributed by atoms with van der Waals surface area (Å²) in [5.74, 6) is 0.485. The van der Waals surface area contributed by atoms with Gasteiger partial charge in [0.05, 0.1) is 22.4 Å². The number of nitrogens with one attached hydrogen (secondary N) is 1. The average Bonchev–Trinajstić information content (AvgIpc) is 3.23. The van der Waals surface area contributed by atoms with E-state index in [1.165, 1.54) is 0 Å². The number of ether oxygens (including phenoxy) is 1. The normalized spacial score (nSPS) is 11.0. The van der Waals surface area contributed by atoms with Crippen LogP contribution in [0.3, 0.4) is 0 Å². The Kier molecular flexibility index (Phi) is 5.17. The van der Waals surface area contributed by atoms with Crippen LogP contribution in [0.2, 0.25) is 10.0 Å².